The number of benzene rings is 1. The highest BCUT2D eigenvalue weighted by Crippen LogP contribution is 2.28. The molecule has 112 valence electrons. The number of rotatable bonds is 7. The Morgan fingerprint density at radius 1 is 1.45 bits per heavy atom. The fourth-order valence-electron chi connectivity index (χ4n) is 1.47. The van der Waals surface area contributed by atoms with Gasteiger partial charge in [-0.2, -0.15) is 8.78 Å². The van der Waals surface area contributed by atoms with Gasteiger partial charge in [-0.25, -0.2) is 0 Å². The van der Waals surface area contributed by atoms with Crippen LogP contribution in [0.4, 0.5) is 14.5 Å². The molecule has 1 amide bonds. The van der Waals surface area contributed by atoms with Crippen LogP contribution in [0.2, 0.25) is 5.02 Å². The Bertz CT molecular complexity index is 458. The minimum atomic E-state index is -2.94. The summed E-state index contributed by atoms with van der Waals surface area (Å²) in [5.74, 6) is -0.353. The largest absolute Gasteiger partial charge is 0.433 e. The summed E-state index contributed by atoms with van der Waals surface area (Å²) in [5.41, 5.74) is 0.423. The lowest BCUT2D eigenvalue weighted by atomic mass is 10.2. The van der Waals surface area contributed by atoms with Crippen molar-refractivity contribution in [2.24, 2.45) is 0 Å². The topological polar surface area (TPSA) is 50.4 Å². The number of halogens is 3. The molecule has 0 aliphatic heterocycles. The van der Waals surface area contributed by atoms with E-state index in [1.165, 1.54) is 18.2 Å². The number of amides is 1. The van der Waals surface area contributed by atoms with E-state index < -0.39 is 6.61 Å². The molecule has 0 spiro atoms. The summed E-state index contributed by atoms with van der Waals surface area (Å²) in [7, 11) is 0. The fraction of sp³-hybridized carbons (Fsp3) is 0.462. The molecule has 1 atom stereocenters. The Morgan fingerprint density at radius 2 is 2.15 bits per heavy atom. The molecule has 7 heteroatoms. The van der Waals surface area contributed by atoms with E-state index in [1.54, 1.807) is 6.92 Å². The third-order valence-corrected chi connectivity index (χ3v) is 2.80. The highest BCUT2D eigenvalue weighted by Gasteiger charge is 2.13. The summed E-state index contributed by atoms with van der Waals surface area (Å²) < 4.78 is 28.4. The summed E-state index contributed by atoms with van der Waals surface area (Å²) in [5, 5.41) is 5.69. The molecule has 0 heterocycles. The molecule has 1 aromatic carbocycles. The van der Waals surface area contributed by atoms with E-state index in [0.717, 1.165) is 13.0 Å². The third-order valence-electron chi connectivity index (χ3n) is 2.51. The van der Waals surface area contributed by atoms with Crippen LogP contribution in [0.25, 0.3) is 0 Å². The predicted octanol–water partition coefficient (Wildman–Crippen LogP) is 3.27. The van der Waals surface area contributed by atoms with E-state index in [2.05, 4.69) is 15.4 Å². The van der Waals surface area contributed by atoms with Crippen molar-refractivity contribution in [3.63, 3.8) is 0 Å². The summed E-state index contributed by atoms with van der Waals surface area (Å²) in [6.45, 7) is 1.53. The average molecular weight is 307 g/mol. The lowest BCUT2D eigenvalue weighted by Gasteiger charge is -2.14. The number of alkyl halides is 2. The molecule has 2 N–H and O–H groups in total. The highest BCUT2D eigenvalue weighted by atomic mass is 35.5. The van der Waals surface area contributed by atoms with Crippen LogP contribution in [0.1, 0.15) is 20.3 Å². The minimum Gasteiger partial charge on any atom is -0.433 e. The van der Waals surface area contributed by atoms with Crippen LogP contribution in [0.5, 0.6) is 5.75 Å². The van der Waals surface area contributed by atoms with Crippen LogP contribution in [0.3, 0.4) is 0 Å². The van der Waals surface area contributed by atoms with Gasteiger partial charge in [0.2, 0.25) is 5.91 Å². The minimum absolute atomic E-state index is 0.0114. The molecule has 1 aromatic rings. The summed E-state index contributed by atoms with van der Waals surface area (Å²) in [6, 6.07) is 3.75. The van der Waals surface area contributed by atoms with Gasteiger partial charge in [0, 0.05) is 5.69 Å². The van der Waals surface area contributed by atoms with Crippen molar-refractivity contribution in [3.8, 4) is 5.75 Å². The maximum atomic E-state index is 12.1. The van der Waals surface area contributed by atoms with Crippen LogP contribution in [0.15, 0.2) is 18.2 Å². The maximum absolute atomic E-state index is 12.1. The first-order chi connectivity index (χ1) is 9.43. The number of carbonyl (C=O) groups is 1. The van der Waals surface area contributed by atoms with Crippen molar-refractivity contribution in [2.75, 3.05) is 11.9 Å². The molecule has 1 unspecified atom stereocenters. The Kier molecular flexibility index (Phi) is 6.67. The second-order valence-corrected chi connectivity index (χ2v) is 4.60. The summed E-state index contributed by atoms with van der Waals surface area (Å²) in [6.07, 6.45) is 0.920. The zero-order valence-electron chi connectivity index (χ0n) is 11.3. The van der Waals surface area contributed by atoms with Crippen LogP contribution in [0, 0.1) is 0 Å². The number of hydrogen-bond acceptors (Lipinski definition) is 3. The maximum Gasteiger partial charge on any atom is 0.387 e. The van der Waals surface area contributed by atoms with Gasteiger partial charge in [0.25, 0.3) is 0 Å². The first kappa shape index (κ1) is 16.7. The number of nitrogens with one attached hydrogen (secondary N) is 2. The third kappa shape index (κ3) is 5.30. The van der Waals surface area contributed by atoms with Gasteiger partial charge in [-0.15, -0.1) is 0 Å². The van der Waals surface area contributed by atoms with Gasteiger partial charge in [-0.05, 0) is 38.1 Å². The second-order valence-electron chi connectivity index (χ2n) is 4.19. The fourth-order valence-corrected chi connectivity index (χ4v) is 1.70. The van der Waals surface area contributed by atoms with Gasteiger partial charge >= 0.3 is 6.61 Å². The Morgan fingerprint density at radius 3 is 2.70 bits per heavy atom. The lowest BCUT2D eigenvalue weighted by molar-refractivity contribution is -0.117. The second kappa shape index (κ2) is 8.01. The van der Waals surface area contributed by atoms with Gasteiger partial charge in [0.05, 0.1) is 11.1 Å². The van der Waals surface area contributed by atoms with E-state index in [1.807, 2.05) is 6.92 Å². The summed E-state index contributed by atoms with van der Waals surface area (Å²) in [4.78, 5) is 11.8. The molecule has 0 aliphatic rings. The number of ether oxygens (including phenoxy) is 1. The molecule has 0 radical (unpaired) electrons. The van der Waals surface area contributed by atoms with Gasteiger partial charge in [0.1, 0.15) is 5.75 Å². The molecule has 0 aromatic heterocycles. The lowest BCUT2D eigenvalue weighted by Crippen LogP contribution is -2.38. The smallest absolute Gasteiger partial charge is 0.387 e. The Hall–Kier alpha value is -1.40. The van der Waals surface area contributed by atoms with Gasteiger partial charge < -0.3 is 15.4 Å². The number of hydrogen-bond donors (Lipinski definition) is 2. The van der Waals surface area contributed by atoms with E-state index in [9.17, 15) is 13.6 Å². The molecular formula is C13H17ClF2N2O2. The van der Waals surface area contributed by atoms with E-state index in [0.29, 0.717) is 5.69 Å². The zero-order chi connectivity index (χ0) is 15.1. The van der Waals surface area contributed by atoms with E-state index >= 15 is 0 Å². The Balaban J connectivity index is 2.64. The molecule has 1 rings (SSSR count). The molecule has 0 saturated heterocycles. The molecule has 0 saturated carbocycles. The van der Waals surface area contributed by atoms with Gasteiger partial charge in [-0.1, -0.05) is 18.5 Å². The highest BCUT2D eigenvalue weighted by molar-refractivity contribution is 6.32. The zero-order valence-corrected chi connectivity index (χ0v) is 12.0. The SMILES string of the molecule is CCCNC(C)C(=O)Nc1ccc(OC(F)F)c(Cl)c1. The van der Waals surface area contributed by atoms with Crippen LogP contribution >= 0.6 is 11.6 Å². The number of carbonyl (C=O) groups excluding carboxylic acids is 1. The summed E-state index contributed by atoms with van der Waals surface area (Å²) >= 11 is 5.79. The Labute approximate surface area is 121 Å². The molecule has 20 heavy (non-hydrogen) atoms. The van der Waals surface area contributed by atoms with E-state index in [-0.39, 0.29) is 22.7 Å². The molecule has 0 fully saturated rings. The average Bonchev–Trinajstić information content (AvgIpc) is 2.38. The van der Waals surface area contributed by atoms with Crippen LogP contribution in [-0.4, -0.2) is 25.1 Å². The number of anilines is 1. The van der Waals surface area contributed by atoms with Crippen molar-refractivity contribution in [1.29, 1.82) is 0 Å². The van der Waals surface area contributed by atoms with Crippen LogP contribution in [-0.2, 0) is 4.79 Å². The van der Waals surface area contributed by atoms with E-state index in [4.69, 9.17) is 11.6 Å². The van der Waals surface area contributed by atoms with Crippen molar-refractivity contribution in [1.82, 2.24) is 5.32 Å². The van der Waals surface area contributed by atoms with Crippen molar-refractivity contribution in [3.05, 3.63) is 23.2 Å². The molecule has 0 bridgehead atoms. The molecule has 0 aliphatic carbocycles. The standard InChI is InChI=1S/C13H17ClF2N2O2/c1-3-6-17-8(2)12(19)18-9-4-5-11(10(14)7-9)20-13(15)16/h4-5,7-8,13,17H,3,6H2,1-2H3,(H,18,19). The first-order valence-electron chi connectivity index (χ1n) is 6.22. The quantitative estimate of drug-likeness (QED) is 0.813. The van der Waals surface area contributed by atoms with Crippen molar-refractivity contribution in [2.45, 2.75) is 32.9 Å². The monoisotopic (exact) mass is 306 g/mol. The predicted molar refractivity (Wildman–Crippen MR) is 74.5 cm³/mol. The van der Waals surface area contributed by atoms with Gasteiger partial charge in [-0.3, -0.25) is 4.79 Å². The first-order valence-corrected chi connectivity index (χ1v) is 6.60. The van der Waals surface area contributed by atoms with Crippen molar-refractivity contribution < 1.29 is 18.3 Å². The van der Waals surface area contributed by atoms with Crippen molar-refractivity contribution >= 4 is 23.2 Å². The molecule has 4 nitrogen and oxygen atoms in total. The molecular weight excluding hydrogens is 290 g/mol. The van der Waals surface area contributed by atoms with Gasteiger partial charge in [0.15, 0.2) is 0 Å². The van der Waals surface area contributed by atoms with Crippen LogP contribution < -0.4 is 15.4 Å². The normalized spacial score (nSPS) is 12.3.